The first-order valence-electron chi connectivity index (χ1n) is 5.64. The summed E-state index contributed by atoms with van der Waals surface area (Å²) in [6.45, 7) is 3.57. The van der Waals surface area contributed by atoms with Gasteiger partial charge in [0.1, 0.15) is 0 Å². The highest BCUT2D eigenvalue weighted by molar-refractivity contribution is 7.86. The van der Waals surface area contributed by atoms with Crippen molar-refractivity contribution in [2.24, 2.45) is 0 Å². The normalized spacial score (nSPS) is 28.8. The summed E-state index contributed by atoms with van der Waals surface area (Å²) in [5.41, 5.74) is 0. The molecule has 16 heavy (non-hydrogen) atoms. The molecule has 0 aromatic carbocycles. The van der Waals surface area contributed by atoms with Gasteiger partial charge in [0.15, 0.2) is 0 Å². The second kappa shape index (κ2) is 4.97. The molecular weight excluding hydrogens is 230 g/mol. The maximum absolute atomic E-state index is 12.2. The first-order valence-corrected chi connectivity index (χ1v) is 7.03. The second-order valence-electron chi connectivity index (χ2n) is 4.18. The maximum Gasteiger partial charge on any atom is 0.282 e. The number of rotatable bonds is 3. The quantitative estimate of drug-likeness (QED) is 0.686. The van der Waals surface area contributed by atoms with Crippen LogP contribution in [-0.2, 0) is 14.9 Å². The van der Waals surface area contributed by atoms with Crippen molar-refractivity contribution in [2.75, 3.05) is 46.4 Å². The van der Waals surface area contributed by atoms with Gasteiger partial charge in [-0.3, -0.25) is 0 Å². The lowest BCUT2D eigenvalue weighted by molar-refractivity contribution is 0.0700. The average molecular weight is 249 g/mol. The van der Waals surface area contributed by atoms with Gasteiger partial charge in [-0.05, 0) is 13.0 Å². The summed E-state index contributed by atoms with van der Waals surface area (Å²) in [5, 5.41) is 3.18. The molecule has 0 aliphatic carbocycles. The molecule has 0 spiro atoms. The molecular formula is C9H19N3O3S. The van der Waals surface area contributed by atoms with Crippen LogP contribution in [0.25, 0.3) is 0 Å². The van der Waals surface area contributed by atoms with Gasteiger partial charge >= 0.3 is 0 Å². The number of likely N-dealkylation sites (N-methyl/N-ethyl adjacent to an activating group) is 1. The van der Waals surface area contributed by atoms with Crippen LogP contribution in [0.2, 0.25) is 0 Å². The van der Waals surface area contributed by atoms with E-state index >= 15 is 0 Å². The number of nitrogens with zero attached hydrogens (tertiary/aromatic N) is 2. The molecule has 2 heterocycles. The van der Waals surface area contributed by atoms with Crippen LogP contribution in [0.4, 0.5) is 0 Å². The van der Waals surface area contributed by atoms with Crippen molar-refractivity contribution < 1.29 is 13.2 Å². The smallest absolute Gasteiger partial charge is 0.282 e. The highest BCUT2D eigenvalue weighted by Gasteiger charge is 2.33. The van der Waals surface area contributed by atoms with Crippen molar-refractivity contribution in [3.05, 3.63) is 0 Å². The highest BCUT2D eigenvalue weighted by atomic mass is 32.2. The Morgan fingerprint density at radius 1 is 1.38 bits per heavy atom. The monoisotopic (exact) mass is 249 g/mol. The number of hydrogen-bond acceptors (Lipinski definition) is 4. The van der Waals surface area contributed by atoms with Crippen molar-refractivity contribution in [1.82, 2.24) is 13.9 Å². The molecule has 1 N–H and O–H groups in total. The van der Waals surface area contributed by atoms with Crippen LogP contribution in [0, 0.1) is 0 Å². The number of ether oxygens (including phenoxy) is 1. The third kappa shape index (κ3) is 2.38. The van der Waals surface area contributed by atoms with E-state index in [0.717, 1.165) is 19.5 Å². The molecule has 0 amide bonds. The van der Waals surface area contributed by atoms with E-state index in [9.17, 15) is 8.42 Å². The minimum absolute atomic E-state index is 0.0906. The fourth-order valence-corrected chi connectivity index (χ4v) is 3.63. The SMILES string of the molecule is CN(C1CCNC1)S(=O)(=O)N1CCOCC1. The summed E-state index contributed by atoms with van der Waals surface area (Å²) >= 11 is 0. The molecule has 0 aromatic heterocycles. The Kier molecular flexibility index (Phi) is 3.81. The molecule has 2 aliphatic rings. The van der Waals surface area contributed by atoms with Crippen LogP contribution in [0.15, 0.2) is 0 Å². The second-order valence-corrected chi connectivity index (χ2v) is 6.17. The molecule has 2 aliphatic heterocycles. The van der Waals surface area contributed by atoms with Crippen LogP contribution in [0.1, 0.15) is 6.42 Å². The molecule has 7 heteroatoms. The predicted octanol–water partition coefficient (Wildman–Crippen LogP) is -1.14. The van der Waals surface area contributed by atoms with E-state index in [4.69, 9.17) is 4.74 Å². The van der Waals surface area contributed by atoms with Gasteiger partial charge in [0.05, 0.1) is 13.2 Å². The van der Waals surface area contributed by atoms with Crippen LogP contribution >= 0.6 is 0 Å². The van der Waals surface area contributed by atoms with Gasteiger partial charge in [0, 0.05) is 32.7 Å². The average Bonchev–Trinajstić information content (AvgIpc) is 2.82. The van der Waals surface area contributed by atoms with Gasteiger partial charge in [-0.2, -0.15) is 17.0 Å². The van der Waals surface area contributed by atoms with Gasteiger partial charge in [-0.25, -0.2) is 0 Å². The van der Waals surface area contributed by atoms with Crippen molar-refractivity contribution >= 4 is 10.2 Å². The Morgan fingerprint density at radius 3 is 2.62 bits per heavy atom. The van der Waals surface area contributed by atoms with E-state index in [0.29, 0.717) is 26.3 Å². The largest absolute Gasteiger partial charge is 0.379 e. The van der Waals surface area contributed by atoms with Crippen LogP contribution in [-0.4, -0.2) is 69.5 Å². The number of hydrogen-bond donors (Lipinski definition) is 1. The third-order valence-corrected chi connectivity index (χ3v) is 5.25. The first kappa shape index (κ1) is 12.3. The lowest BCUT2D eigenvalue weighted by atomic mass is 10.3. The Hall–Kier alpha value is -0.210. The van der Waals surface area contributed by atoms with Crippen LogP contribution in [0.5, 0.6) is 0 Å². The molecule has 0 saturated carbocycles. The van der Waals surface area contributed by atoms with Crippen molar-refractivity contribution in [3.63, 3.8) is 0 Å². The van der Waals surface area contributed by atoms with Gasteiger partial charge in [0.25, 0.3) is 10.2 Å². The van der Waals surface area contributed by atoms with Crippen molar-refractivity contribution in [1.29, 1.82) is 0 Å². The van der Waals surface area contributed by atoms with E-state index in [2.05, 4.69) is 5.32 Å². The minimum atomic E-state index is -3.30. The van der Waals surface area contributed by atoms with E-state index in [-0.39, 0.29) is 6.04 Å². The Morgan fingerprint density at radius 2 is 2.06 bits per heavy atom. The summed E-state index contributed by atoms with van der Waals surface area (Å²) in [6, 6.07) is 0.0906. The Bertz CT molecular complexity index is 321. The standard InChI is InChI=1S/C9H19N3O3S/c1-11(9-2-3-10-8-9)16(13,14)12-4-6-15-7-5-12/h9-10H,2-8H2,1H3. The van der Waals surface area contributed by atoms with E-state index in [1.54, 1.807) is 7.05 Å². The zero-order chi connectivity index (χ0) is 11.6. The number of morpholine rings is 1. The lowest BCUT2D eigenvalue weighted by Gasteiger charge is -2.32. The zero-order valence-electron chi connectivity index (χ0n) is 9.55. The van der Waals surface area contributed by atoms with Crippen LogP contribution in [0.3, 0.4) is 0 Å². The molecule has 1 atom stereocenters. The fraction of sp³-hybridized carbons (Fsp3) is 1.00. The summed E-state index contributed by atoms with van der Waals surface area (Å²) < 4.78 is 32.7. The summed E-state index contributed by atoms with van der Waals surface area (Å²) in [5.74, 6) is 0. The predicted molar refractivity (Wildman–Crippen MR) is 60.3 cm³/mol. The lowest BCUT2D eigenvalue weighted by Crippen LogP contribution is -2.50. The Labute approximate surface area is 96.7 Å². The first-order chi connectivity index (χ1) is 7.62. The zero-order valence-corrected chi connectivity index (χ0v) is 10.4. The molecule has 2 saturated heterocycles. The molecule has 0 radical (unpaired) electrons. The van der Waals surface area contributed by atoms with E-state index in [1.807, 2.05) is 0 Å². The molecule has 0 bridgehead atoms. The van der Waals surface area contributed by atoms with Crippen LogP contribution < -0.4 is 5.32 Å². The molecule has 0 aromatic rings. The molecule has 1 unspecified atom stereocenters. The topological polar surface area (TPSA) is 61.9 Å². The van der Waals surface area contributed by atoms with Gasteiger partial charge < -0.3 is 10.1 Å². The third-order valence-electron chi connectivity index (χ3n) is 3.21. The number of nitrogens with one attached hydrogen (secondary N) is 1. The fourth-order valence-electron chi connectivity index (χ4n) is 2.10. The maximum atomic E-state index is 12.2. The Balaban J connectivity index is 2.04. The molecule has 94 valence electrons. The van der Waals surface area contributed by atoms with Gasteiger partial charge in [-0.15, -0.1) is 0 Å². The highest BCUT2D eigenvalue weighted by Crippen LogP contribution is 2.15. The van der Waals surface area contributed by atoms with Crippen molar-refractivity contribution in [3.8, 4) is 0 Å². The molecule has 6 nitrogen and oxygen atoms in total. The van der Waals surface area contributed by atoms with E-state index in [1.165, 1.54) is 8.61 Å². The van der Waals surface area contributed by atoms with Gasteiger partial charge in [0.2, 0.25) is 0 Å². The van der Waals surface area contributed by atoms with Crippen molar-refractivity contribution in [2.45, 2.75) is 12.5 Å². The molecule has 2 fully saturated rings. The summed E-state index contributed by atoms with van der Waals surface area (Å²) in [4.78, 5) is 0. The summed E-state index contributed by atoms with van der Waals surface area (Å²) in [7, 11) is -1.63. The summed E-state index contributed by atoms with van der Waals surface area (Å²) in [6.07, 6.45) is 0.889. The minimum Gasteiger partial charge on any atom is -0.379 e. The van der Waals surface area contributed by atoms with Gasteiger partial charge in [-0.1, -0.05) is 0 Å². The molecule has 2 rings (SSSR count). The van der Waals surface area contributed by atoms with E-state index < -0.39 is 10.2 Å².